The molecule has 254 valence electrons. The van der Waals surface area contributed by atoms with E-state index in [0.717, 1.165) is 24.6 Å². The summed E-state index contributed by atoms with van der Waals surface area (Å²) in [6.45, 7) is 2.60. The average molecular weight is 659 g/mol. The van der Waals surface area contributed by atoms with E-state index in [2.05, 4.69) is 9.97 Å². The highest BCUT2D eigenvalue weighted by Gasteiger charge is 2.51. The monoisotopic (exact) mass is 658 g/mol. The number of aliphatic hydroxyl groups excluding tert-OH is 3. The number of aromatic nitrogens is 4. The minimum atomic E-state index is -1.37. The first kappa shape index (κ1) is 36.0. The Hall–Kier alpha value is -4.47. The second kappa shape index (κ2) is 15.7. The van der Waals surface area contributed by atoms with Gasteiger partial charge in [0.25, 0.3) is 11.1 Å². The van der Waals surface area contributed by atoms with Crippen LogP contribution in [0.4, 0.5) is 0 Å². The van der Waals surface area contributed by atoms with Crippen molar-refractivity contribution in [3.05, 3.63) is 65.2 Å². The number of hydrogen-bond acceptors (Lipinski definition) is 16. The van der Waals surface area contributed by atoms with Crippen molar-refractivity contribution < 1.29 is 58.1 Å². The van der Waals surface area contributed by atoms with Crippen molar-refractivity contribution in [1.82, 2.24) is 19.5 Å². The van der Waals surface area contributed by atoms with Gasteiger partial charge in [-0.2, -0.15) is 0 Å². The van der Waals surface area contributed by atoms with Gasteiger partial charge in [-0.1, -0.05) is 0 Å². The minimum absolute atomic E-state index is 0.0239. The van der Waals surface area contributed by atoms with Crippen molar-refractivity contribution in [2.75, 3.05) is 20.3 Å². The third-order valence-electron chi connectivity index (χ3n) is 6.68. The standard InChI is InChI=1S/C15H18N2O9.C11H16N2O7/c1-6(18)23-5-10-12(24-7(2)19)13(25-8(3)20)11(26-10)9-4-16-15(22)17-14(9)21;1-19-4-13-2-5(10(17)12-11(13)18)9-8(16)7(15)6(3-14)20-9/h4,10-13H,5H2,1-3H3,(H2,16,17,21,22);2,6-9,14-16H,3-4H2,1H3,(H,12,17,18)/t10-,11+,12-,13+;6-,7-,8-,9+/m11/s1. The van der Waals surface area contributed by atoms with Crippen LogP contribution in [-0.2, 0) is 49.5 Å². The second-order valence-corrected chi connectivity index (χ2v) is 10.1. The van der Waals surface area contributed by atoms with Crippen molar-refractivity contribution in [3.8, 4) is 0 Å². The number of aromatic amines is 3. The van der Waals surface area contributed by atoms with Crippen LogP contribution in [0.3, 0.4) is 0 Å². The summed E-state index contributed by atoms with van der Waals surface area (Å²) in [6.07, 6.45) is -6.92. The largest absolute Gasteiger partial charge is 0.463 e. The maximum Gasteiger partial charge on any atom is 0.330 e. The van der Waals surface area contributed by atoms with Gasteiger partial charge in [-0.25, -0.2) is 9.59 Å². The first-order chi connectivity index (χ1) is 21.7. The fourth-order valence-electron chi connectivity index (χ4n) is 4.72. The van der Waals surface area contributed by atoms with Crippen molar-refractivity contribution in [3.63, 3.8) is 0 Å². The van der Waals surface area contributed by atoms with E-state index in [1.54, 1.807) is 0 Å². The van der Waals surface area contributed by atoms with E-state index in [0.29, 0.717) is 0 Å². The molecule has 8 atom stereocenters. The van der Waals surface area contributed by atoms with E-state index in [9.17, 15) is 43.8 Å². The van der Waals surface area contributed by atoms with E-state index in [-0.39, 0.29) is 24.5 Å². The zero-order valence-corrected chi connectivity index (χ0v) is 25.0. The molecule has 4 heterocycles. The van der Waals surface area contributed by atoms with Gasteiger partial charge < -0.3 is 48.7 Å². The number of H-pyrrole nitrogens is 3. The summed E-state index contributed by atoms with van der Waals surface area (Å²) < 4.78 is 32.1. The molecular formula is C26H34N4O16. The normalized spacial score (nSPS) is 26.9. The maximum absolute atomic E-state index is 12.1. The van der Waals surface area contributed by atoms with Gasteiger partial charge in [0.1, 0.15) is 50.0 Å². The molecule has 2 fully saturated rings. The van der Waals surface area contributed by atoms with E-state index >= 15 is 0 Å². The molecule has 0 bridgehead atoms. The van der Waals surface area contributed by atoms with Crippen LogP contribution in [0, 0.1) is 0 Å². The number of carbonyl (C=O) groups is 3. The minimum Gasteiger partial charge on any atom is -0.463 e. The Bertz CT molecular complexity index is 1630. The van der Waals surface area contributed by atoms with E-state index in [1.165, 1.54) is 20.2 Å². The number of methoxy groups -OCH3 is 1. The van der Waals surface area contributed by atoms with Gasteiger partial charge in [0, 0.05) is 40.3 Å². The molecule has 2 aromatic rings. The maximum atomic E-state index is 12.1. The summed E-state index contributed by atoms with van der Waals surface area (Å²) in [7, 11) is 1.38. The summed E-state index contributed by atoms with van der Waals surface area (Å²) >= 11 is 0. The lowest BCUT2D eigenvalue weighted by Crippen LogP contribution is -2.40. The summed E-state index contributed by atoms with van der Waals surface area (Å²) in [5.41, 5.74) is -2.94. The topological polar surface area (TPSA) is 288 Å². The molecule has 2 aromatic heterocycles. The third-order valence-corrected chi connectivity index (χ3v) is 6.68. The molecule has 6 N–H and O–H groups in total. The SMILES string of the molecule is CC(=O)OC[C@H]1O[C@@H](c2c[nH]c(=O)[nH]c2=O)[C@H](OC(C)=O)[C@@H]1OC(C)=O.COCn1cc([C@@H]2O[C@H](CO)[C@@H](O)[C@H]2O)c(=O)[nH]c1=O. The van der Waals surface area contributed by atoms with Gasteiger partial charge >= 0.3 is 29.3 Å². The molecule has 0 spiro atoms. The summed E-state index contributed by atoms with van der Waals surface area (Å²) in [5, 5.41) is 28.6. The number of nitrogens with one attached hydrogen (secondary N) is 3. The van der Waals surface area contributed by atoms with E-state index in [1.807, 2.05) is 4.98 Å². The first-order valence-electron chi connectivity index (χ1n) is 13.6. The molecule has 0 amide bonds. The van der Waals surface area contributed by atoms with E-state index < -0.39 is 95.8 Å². The Balaban J connectivity index is 0.000000259. The zero-order chi connectivity index (χ0) is 34.3. The Morgan fingerprint density at radius 3 is 2.00 bits per heavy atom. The van der Waals surface area contributed by atoms with Gasteiger partial charge in [0.05, 0.1) is 17.7 Å². The molecular weight excluding hydrogens is 624 g/mol. The van der Waals surface area contributed by atoms with Gasteiger partial charge in [0.15, 0.2) is 12.2 Å². The lowest BCUT2D eigenvalue weighted by Gasteiger charge is -2.23. The summed E-state index contributed by atoms with van der Waals surface area (Å²) in [6, 6.07) is 0. The van der Waals surface area contributed by atoms with Crippen LogP contribution >= 0.6 is 0 Å². The van der Waals surface area contributed by atoms with Gasteiger partial charge in [0.2, 0.25) is 0 Å². The molecule has 0 aromatic carbocycles. The Morgan fingerprint density at radius 1 is 0.848 bits per heavy atom. The Labute approximate surface area is 257 Å². The molecule has 2 saturated heterocycles. The van der Waals surface area contributed by atoms with Crippen LogP contribution in [0.25, 0.3) is 0 Å². The van der Waals surface area contributed by atoms with Crippen molar-refractivity contribution in [2.24, 2.45) is 0 Å². The lowest BCUT2D eigenvalue weighted by atomic mass is 10.0. The number of aliphatic hydroxyl groups is 3. The van der Waals surface area contributed by atoms with E-state index in [4.69, 9.17) is 33.5 Å². The van der Waals surface area contributed by atoms with Crippen LogP contribution in [-0.4, -0.2) is 110 Å². The van der Waals surface area contributed by atoms with Crippen LogP contribution < -0.4 is 22.5 Å². The highest BCUT2D eigenvalue weighted by atomic mass is 16.6. The van der Waals surface area contributed by atoms with Crippen LogP contribution in [0.2, 0.25) is 0 Å². The predicted molar refractivity (Wildman–Crippen MR) is 148 cm³/mol. The highest BCUT2D eigenvalue weighted by Crippen LogP contribution is 2.36. The number of rotatable bonds is 9. The molecule has 46 heavy (non-hydrogen) atoms. The number of carbonyl (C=O) groups excluding carboxylic acids is 3. The number of hydrogen-bond donors (Lipinski definition) is 6. The molecule has 0 unspecified atom stereocenters. The third kappa shape index (κ3) is 8.62. The quantitative estimate of drug-likeness (QED) is 0.111. The average Bonchev–Trinajstić information content (AvgIpc) is 3.44. The lowest BCUT2D eigenvalue weighted by molar-refractivity contribution is -0.165. The number of nitrogens with zero attached hydrogens (tertiary/aromatic N) is 1. The molecule has 0 radical (unpaired) electrons. The fourth-order valence-corrected chi connectivity index (χ4v) is 4.72. The van der Waals surface area contributed by atoms with Crippen molar-refractivity contribution >= 4 is 17.9 Å². The molecule has 20 nitrogen and oxygen atoms in total. The molecule has 0 aliphatic carbocycles. The summed E-state index contributed by atoms with van der Waals surface area (Å²) in [5.74, 6) is -1.97. The van der Waals surface area contributed by atoms with Crippen LogP contribution in [0.5, 0.6) is 0 Å². The van der Waals surface area contributed by atoms with Crippen molar-refractivity contribution in [1.29, 1.82) is 0 Å². The fraction of sp³-hybridized carbons (Fsp3) is 0.577. The molecule has 0 saturated carbocycles. The van der Waals surface area contributed by atoms with Gasteiger partial charge in [-0.15, -0.1) is 0 Å². The smallest absolute Gasteiger partial charge is 0.330 e. The van der Waals surface area contributed by atoms with Crippen molar-refractivity contribution in [2.45, 2.75) is 76.3 Å². The first-order valence-corrected chi connectivity index (χ1v) is 13.6. The Morgan fingerprint density at radius 2 is 1.46 bits per heavy atom. The summed E-state index contributed by atoms with van der Waals surface area (Å²) in [4.78, 5) is 86.9. The van der Waals surface area contributed by atoms with Gasteiger partial charge in [-0.05, 0) is 0 Å². The second-order valence-electron chi connectivity index (χ2n) is 10.1. The number of esters is 3. The van der Waals surface area contributed by atoms with Gasteiger partial charge in [-0.3, -0.25) is 38.5 Å². The van der Waals surface area contributed by atoms with Crippen LogP contribution in [0.15, 0.2) is 31.6 Å². The predicted octanol–water partition coefficient (Wildman–Crippen LogP) is -3.78. The number of ether oxygens (including phenoxy) is 6. The van der Waals surface area contributed by atoms with Crippen LogP contribution in [0.1, 0.15) is 44.1 Å². The Kier molecular flexibility index (Phi) is 12.3. The highest BCUT2D eigenvalue weighted by molar-refractivity contribution is 5.68. The molecule has 2 aliphatic heterocycles. The molecule has 20 heteroatoms. The molecule has 2 aliphatic rings. The molecule has 4 rings (SSSR count). The zero-order valence-electron chi connectivity index (χ0n) is 25.0.